The highest BCUT2D eigenvalue weighted by Gasteiger charge is 2.42. The monoisotopic (exact) mass is 703 g/mol. The molecule has 15 nitrogen and oxygen atoms in total. The Labute approximate surface area is 295 Å². The number of anilines is 2. The van der Waals surface area contributed by atoms with Crippen molar-refractivity contribution in [3.8, 4) is 11.9 Å². The second kappa shape index (κ2) is 15.4. The van der Waals surface area contributed by atoms with Crippen molar-refractivity contribution in [2.24, 2.45) is 5.92 Å². The fourth-order valence-electron chi connectivity index (χ4n) is 5.20. The van der Waals surface area contributed by atoms with E-state index in [4.69, 9.17) is 18.9 Å². The number of fused-ring (bicyclic) bond motifs is 1. The van der Waals surface area contributed by atoms with Crippen molar-refractivity contribution >= 4 is 52.2 Å². The van der Waals surface area contributed by atoms with Crippen LogP contribution in [-0.4, -0.2) is 82.5 Å². The van der Waals surface area contributed by atoms with Gasteiger partial charge in [0.2, 0.25) is 11.8 Å². The molecule has 1 aliphatic rings. The molecule has 2 N–H and O–H groups in total. The maximum Gasteiger partial charge on any atom is 0.420 e. The number of rotatable bonds is 9. The van der Waals surface area contributed by atoms with Gasteiger partial charge in [-0.05, 0) is 83.5 Å². The van der Waals surface area contributed by atoms with Crippen molar-refractivity contribution < 1.29 is 48.0 Å². The fourth-order valence-corrected chi connectivity index (χ4v) is 5.20. The van der Waals surface area contributed by atoms with Gasteiger partial charge in [0.1, 0.15) is 17.3 Å². The summed E-state index contributed by atoms with van der Waals surface area (Å²) in [4.78, 5) is 72.2. The molecule has 15 heteroatoms. The zero-order chi connectivity index (χ0) is 37.7. The number of carboxylic acid groups (broad SMARTS) is 1. The van der Waals surface area contributed by atoms with Crippen LogP contribution in [0.2, 0.25) is 0 Å². The minimum absolute atomic E-state index is 0.0234. The number of morpholine rings is 1. The van der Waals surface area contributed by atoms with Crippen LogP contribution in [0.25, 0.3) is 10.9 Å². The molecule has 2 aromatic carbocycles. The Kier molecular flexibility index (Phi) is 11.5. The number of pyridine rings is 1. The lowest BCUT2D eigenvalue weighted by Gasteiger charge is -2.35. The van der Waals surface area contributed by atoms with E-state index in [1.165, 1.54) is 30.2 Å². The van der Waals surface area contributed by atoms with E-state index in [1.807, 2.05) is 12.1 Å². The molecule has 1 aromatic heterocycles. The summed E-state index contributed by atoms with van der Waals surface area (Å²) in [5.41, 5.74) is -0.541. The second-order valence-corrected chi connectivity index (χ2v) is 13.7. The summed E-state index contributed by atoms with van der Waals surface area (Å²) < 4.78 is 21.8. The van der Waals surface area contributed by atoms with E-state index in [2.05, 4.69) is 10.3 Å². The number of ether oxygens (including phenoxy) is 4. The number of methoxy groups -OCH3 is 1. The van der Waals surface area contributed by atoms with Crippen LogP contribution in [0.3, 0.4) is 0 Å². The molecule has 270 valence electrons. The van der Waals surface area contributed by atoms with Crippen LogP contribution < -0.4 is 15.0 Å². The van der Waals surface area contributed by atoms with E-state index >= 15 is 0 Å². The quantitative estimate of drug-likeness (QED) is 0.294. The molecule has 1 fully saturated rings. The molecule has 2 atom stereocenters. The van der Waals surface area contributed by atoms with Gasteiger partial charge < -0.3 is 34.3 Å². The number of nitriles is 1. The number of imide groups is 1. The number of carbonyl (C=O) groups is 5. The number of hydrogen-bond donors (Lipinski definition) is 2. The molecule has 2 heterocycles. The van der Waals surface area contributed by atoms with E-state index in [-0.39, 0.29) is 30.0 Å². The second-order valence-electron chi connectivity index (χ2n) is 13.7. The summed E-state index contributed by atoms with van der Waals surface area (Å²) in [5.74, 6) is -3.87. The highest BCUT2D eigenvalue weighted by Crippen LogP contribution is 2.29. The molecule has 0 saturated carbocycles. The largest absolute Gasteiger partial charge is 0.481 e. The minimum Gasteiger partial charge on any atom is -0.481 e. The third-order valence-corrected chi connectivity index (χ3v) is 7.44. The van der Waals surface area contributed by atoms with Gasteiger partial charge in [0, 0.05) is 29.4 Å². The Balaban J connectivity index is 1.61. The number of aliphatic carboxylic acids is 1. The predicted octanol–water partition coefficient (Wildman–Crippen LogP) is 5.25. The average Bonchev–Trinajstić information content (AvgIpc) is 3.04. The van der Waals surface area contributed by atoms with Crippen molar-refractivity contribution in [3.63, 3.8) is 0 Å². The van der Waals surface area contributed by atoms with Crippen LogP contribution in [0.5, 0.6) is 5.88 Å². The Bertz CT molecular complexity index is 1850. The van der Waals surface area contributed by atoms with Gasteiger partial charge in [-0.1, -0.05) is 6.07 Å². The first-order valence-corrected chi connectivity index (χ1v) is 16.1. The van der Waals surface area contributed by atoms with Gasteiger partial charge in [-0.15, -0.1) is 0 Å². The molecule has 4 rings (SSSR count). The van der Waals surface area contributed by atoms with Crippen LogP contribution >= 0.6 is 0 Å². The SMILES string of the molecule is COc1ccc2ccc(N3CCO[C@H]([C@@H](CC(=O)O)C(=O)Nc4ccc(C#N)c(CN(C(=O)OC(C)(C)C)C(=O)OC(C)(C)C)c4)C3=O)cc2n1. The first kappa shape index (κ1) is 38.1. The summed E-state index contributed by atoms with van der Waals surface area (Å²) in [6.07, 6.45) is -4.22. The number of carboxylic acids is 1. The molecule has 0 radical (unpaired) electrons. The van der Waals surface area contributed by atoms with Crippen molar-refractivity contribution in [2.45, 2.75) is 71.8 Å². The van der Waals surface area contributed by atoms with Crippen LogP contribution in [0, 0.1) is 17.2 Å². The van der Waals surface area contributed by atoms with E-state index in [9.17, 15) is 34.3 Å². The van der Waals surface area contributed by atoms with Crippen LogP contribution in [-0.2, 0) is 35.1 Å². The topological polar surface area (TPSA) is 198 Å². The zero-order valence-corrected chi connectivity index (χ0v) is 29.5. The number of amides is 4. The van der Waals surface area contributed by atoms with E-state index < -0.39 is 66.2 Å². The first-order chi connectivity index (χ1) is 23.9. The minimum atomic E-state index is -1.46. The lowest BCUT2D eigenvalue weighted by Crippen LogP contribution is -2.53. The van der Waals surface area contributed by atoms with Crippen LogP contribution in [0.15, 0.2) is 48.5 Å². The molecule has 0 spiro atoms. The van der Waals surface area contributed by atoms with Gasteiger partial charge in [-0.3, -0.25) is 14.4 Å². The molecular formula is C36H41N5O10. The van der Waals surface area contributed by atoms with Gasteiger partial charge in [0.25, 0.3) is 5.91 Å². The van der Waals surface area contributed by atoms with Crippen LogP contribution in [0.1, 0.15) is 59.1 Å². The highest BCUT2D eigenvalue weighted by molar-refractivity contribution is 6.04. The smallest absolute Gasteiger partial charge is 0.420 e. The van der Waals surface area contributed by atoms with Crippen molar-refractivity contribution in [3.05, 3.63) is 59.7 Å². The van der Waals surface area contributed by atoms with E-state index in [0.29, 0.717) is 22.0 Å². The molecular weight excluding hydrogens is 662 g/mol. The predicted molar refractivity (Wildman–Crippen MR) is 184 cm³/mol. The first-order valence-electron chi connectivity index (χ1n) is 16.1. The fraction of sp³-hybridized carbons (Fsp3) is 0.417. The maximum atomic E-state index is 13.8. The van der Waals surface area contributed by atoms with E-state index in [0.717, 1.165) is 5.39 Å². The van der Waals surface area contributed by atoms with Gasteiger partial charge >= 0.3 is 18.2 Å². The summed E-state index contributed by atoms with van der Waals surface area (Å²) >= 11 is 0. The Morgan fingerprint density at radius 1 is 1.04 bits per heavy atom. The van der Waals surface area contributed by atoms with Crippen molar-refractivity contribution in [1.29, 1.82) is 5.26 Å². The molecule has 1 aliphatic heterocycles. The number of hydrogen-bond acceptors (Lipinski definition) is 11. The van der Waals surface area contributed by atoms with E-state index in [1.54, 1.807) is 65.8 Å². The van der Waals surface area contributed by atoms with Gasteiger partial charge in [0.05, 0.1) is 49.7 Å². The summed E-state index contributed by atoms with van der Waals surface area (Å²) in [7, 11) is 1.49. The standard InChI is InChI=1S/C36H41N5O10/c1-35(2,3)50-33(46)41(34(47)51-36(4,5)6)20-23-16-24(11-8-22(23)19-37)38-31(44)26(18-29(42)43)30-32(45)40(14-15-49-30)25-12-9-21-10-13-28(48-7)39-27(21)17-25/h8-13,16-17,26,30H,14-15,18,20H2,1-7H3,(H,38,44)(H,42,43)/t26-,30-/m1/s1. The Morgan fingerprint density at radius 2 is 1.69 bits per heavy atom. The van der Waals surface area contributed by atoms with Gasteiger partial charge in [-0.2, -0.15) is 5.26 Å². The number of carbonyl (C=O) groups excluding carboxylic acids is 4. The molecule has 4 amide bonds. The van der Waals surface area contributed by atoms with Crippen molar-refractivity contribution in [1.82, 2.24) is 9.88 Å². The third-order valence-electron chi connectivity index (χ3n) is 7.44. The summed E-state index contributed by atoms with van der Waals surface area (Å²) in [5, 5.41) is 23.0. The Morgan fingerprint density at radius 3 is 2.27 bits per heavy atom. The van der Waals surface area contributed by atoms with Gasteiger partial charge in [0.15, 0.2) is 0 Å². The average molecular weight is 704 g/mol. The molecule has 3 aromatic rings. The molecule has 0 unspecified atom stereocenters. The number of nitrogens with zero attached hydrogens (tertiary/aromatic N) is 4. The summed E-state index contributed by atoms with van der Waals surface area (Å²) in [6, 6.07) is 14.9. The molecule has 0 aliphatic carbocycles. The molecule has 1 saturated heterocycles. The van der Waals surface area contributed by atoms with Crippen LogP contribution in [0.4, 0.5) is 21.0 Å². The lowest BCUT2D eigenvalue weighted by molar-refractivity contribution is -0.149. The van der Waals surface area contributed by atoms with Crippen molar-refractivity contribution in [2.75, 3.05) is 30.5 Å². The molecule has 0 bridgehead atoms. The maximum absolute atomic E-state index is 13.8. The van der Waals surface area contributed by atoms with Gasteiger partial charge in [-0.25, -0.2) is 19.5 Å². The molecule has 51 heavy (non-hydrogen) atoms. The number of nitrogens with one attached hydrogen (secondary N) is 1. The third kappa shape index (κ3) is 9.92. The highest BCUT2D eigenvalue weighted by atomic mass is 16.6. The normalized spacial score (nSPS) is 15.4. The summed E-state index contributed by atoms with van der Waals surface area (Å²) in [6.45, 7) is 9.46. The number of benzene rings is 2. The Hall–Kier alpha value is -5.75. The number of aromatic nitrogens is 1. The lowest BCUT2D eigenvalue weighted by atomic mass is 9.94. The zero-order valence-electron chi connectivity index (χ0n) is 29.5.